The van der Waals surface area contributed by atoms with Crippen LogP contribution < -0.4 is 10.5 Å². The van der Waals surface area contributed by atoms with E-state index in [-0.39, 0.29) is 5.75 Å². The van der Waals surface area contributed by atoms with Gasteiger partial charge in [-0.2, -0.15) is 0 Å². The summed E-state index contributed by atoms with van der Waals surface area (Å²) in [5.41, 5.74) is 6.82. The van der Waals surface area contributed by atoms with Gasteiger partial charge in [0.25, 0.3) is 0 Å². The zero-order valence-electron chi connectivity index (χ0n) is 8.83. The highest BCUT2D eigenvalue weighted by molar-refractivity contribution is 7.92. The van der Waals surface area contributed by atoms with Crippen molar-refractivity contribution in [2.24, 2.45) is 0 Å². The van der Waals surface area contributed by atoms with Crippen LogP contribution in [-0.4, -0.2) is 13.4 Å². The summed E-state index contributed by atoms with van der Waals surface area (Å²) < 4.78 is 26.0. The van der Waals surface area contributed by atoms with Crippen molar-refractivity contribution < 1.29 is 8.42 Å². The first-order valence-corrected chi connectivity index (χ1v) is 7.33. The van der Waals surface area contributed by atoms with E-state index < -0.39 is 10.0 Å². The van der Waals surface area contributed by atoms with E-state index in [0.29, 0.717) is 16.4 Å². The molecule has 0 spiro atoms. The van der Waals surface area contributed by atoms with Gasteiger partial charge in [0.1, 0.15) is 0 Å². The maximum absolute atomic E-state index is 11.8. The van der Waals surface area contributed by atoms with E-state index in [2.05, 4.69) is 9.71 Å². The second kappa shape index (κ2) is 4.72. The van der Waals surface area contributed by atoms with Crippen LogP contribution in [-0.2, 0) is 15.8 Å². The molecule has 0 unspecified atom stereocenters. The van der Waals surface area contributed by atoms with Crippen molar-refractivity contribution in [2.45, 2.75) is 5.75 Å². The Labute approximate surface area is 103 Å². The fourth-order valence-corrected chi connectivity index (χ4v) is 3.24. The predicted molar refractivity (Wildman–Crippen MR) is 69.2 cm³/mol. The number of sulfonamides is 1. The first kappa shape index (κ1) is 11.9. The van der Waals surface area contributed by atoms with Crippen molar-refractivity contribution in [3.63, 3.8) is 0 Å². The lowest BCUT2D eigenvalue weighted by molar-refractivity contribution is 0.600. The number of nitrogens with zero attached hydrogens (tertiary/aromatic N) is 1. The summed E-state index contributed by atoms with van der Waals surface area (Å²) in [5, 5.41) is 2.08. The average Bonchev–Trinajstić information content (AvgIpc) is 2.73. The van der Waals surface area contributed by atoms with Crippen molar-refractivity contribution >= 4 is 32.2 Å². The number of benzene rings is 1. The topological polar surface area (TPSA) is 85.1 Å². The van der Waals surface area contributed by atoms with Crippen molar-refractivity contribution in [1.82, 2.24) is 4.98 Å². The Balaban J connectivity index is 2.09. The Morgan fingerprint density at radius 1 is 1.29 bits per heavy atom. The number of aromatic nitrogens is 1. The van der Waals surface area contributed by atoms with Crippen molar-refractivity contribution in [1.29, 1.82) is 0 Å². The van der Waals surface area contributed by atoms with Gasteiger partial charge in [0, 0.05) is 17.3 Å². The molecule has 0 fully saturated rings. The van der Waals surface area contributed by atoms with Crippen LogP contribution in [0, 0.1) is 0 Å². The predicted octanol–water partition coefficient (Wildman–Crippen LogP) is 1.67. The van der Waals surface area contributed by atoms with E-state index >= 15 is 0 Å². The van der Waals surface area contributed by atoms with Gasteiger partial charge in [0.15, 0.2) is 5.13 Å². The van der Waals surface area contributed by atoms with E-state index in [0.717, 1.165) is 0 Å². The maximum Gasteiger partial charge on any atom is 0.238 e. The highest BCUT2D eigenvalue weighted by atomic mass is 32.2. The molecule has 2 rings (SSSR count). The van der Waals surface area contributed by atoms with Gasteiger partial charge in [-0.1, -0.05) is 12.1 Å². The molecular weight excluding hydrogens is 258 g/mol. The fraction of sp³-hybridized carbons (Fsp3) is 0.100. The van der Waals surface area contributed by atoms with Crippen LogP contribution in [0.15, 0.2) is 35.8 Å². The van der Waals surface area contributed by atoms with Gasteiger partial charge in [-0.05, 0) is 17.7 Å². The number of nitrogens with two attached hydrogens (primary N) is 1. The number of nitrogen functional groups attached to an aromatic ring is 1. The van der Waals surface area contributed by atoms with E-state index in [1.165, 1.54) is 11.3 Å². The van der Waals surface area contributed by atoms with Crippen LogP contribution >= 0.6 is 11.3 Å². The van der Waals surface area contributed by atoms with E-state index in [9.17, 15) is 8.42 Å². The molecule has 0 aliphatic heterocycles. The third-order valence-electron chi connectivity index (χ3n) is 2.01. The molecule has 5 nitrogen and oxygen atoms in total. The van der Waals surface area contributed by atoms with Gasteiger partial charge in [0.2, 0.25) is 10.0 Å². The van der Waals surface area contributed by atoms with Crippen LogP contribution in [0.1, 0.15) is 5.56 Å². The zero-order valence-corrected chi connectivity index (χ0v) is 10.5. The molecule has 0 aliphatic rings. The van der Waals surface area contributed by atoms with Gasteiger partial charge in [0.05, 0.1) is 5.75 Å². The molecule has 17 heavy (non-hydrogen) atoms. The van der Waals surface area contributed by atoms with Crippen LogP contribution in [0.4, 0.5) is 10.8 Å². The van der Waals surface area contributed by atoms with E-state index in [1.54, 1.807) is 35.8 Å². The smallest absolute Gasteiger partial charge is 0.238 e. The molecule has 1 aromatic heterocycles. The summed E-state index contributed by atoms with van der Waals surface area (Å²) in [4.78, 5) is 3.87. The average molecular weight is 269 g/mol. The highest BCUT2D eigenvalue weighted by Crippen LogP contribution is 2.15. The number of nitrogens with one attached hydrogen (secondary N) is 1. The molecule has 0 saturated heterocycles. The van der Waals surface area contributed by atoms with E-state index in [4.69, 9.17) is 5.73 Å². The third kappa shape index (κ3) is 3.43. The van der Waals surface area contributed by atoms with Crippen LogP contribution in [0.3, 0.4) is 0 Å². The zero-order chi connectivity index (χ0) is 12.3. The molecule has 0 saturated carbocycles. The lowest BCUT2D eigenvalue weighted by Gasteiger charge is -2.05. The first-order valence-electron chi connectivity index (χ1n) is 4.79. The molecule has 0 amide bonds. The van der Waals surface area contributed by atoms with Crippen LogP contribution in [0.2, 0.25) is 0 Å². The van der Waals surface area contributed by atoms with Crippen molar-refractivity contribution in [2.75, 3.05) is 10.5 Å². The lowest BCUT2D eigenvalue weighted by Crippen LogP contribution is -2.14. The molecule has 0 radical (unpaired) electrons. The molecule has 0 bridgehead atoms. The van der Waals surface area contributed by atoms with Crippen molar-refractivity contribution in [3.8, 4) is 0 Å². The number of anilines is 2. The molecule has 2 aromatic rings. The van der Waals surface area contributed by atoms with Crippen molar-refractivity contribution in [3.05, 3.63) is 41.4 Å². The number of hydrogen-bond acceptors (Lipinski definition) is 5. The second-order valence-electron chi connectivity index (χ2n) is 3.44. The summed E-state index contributed by atoms with van der Waals surface area (Å²) in [6, 6.07) is 6.73. The Morgan fingerprint density at radius 2 is 2.00 bits per heavy atom. The maximum atomic E-state index is 11.8. The number of rotatable bonds is 4. The highest BCUT2D eigenvalue weighted by Gasteiger charge is 2.12. The Bertz CT molecular complexity index is 577. The first-order chi connectivity index (χ1) is 8.05. The minimum Gasteiger partial charge on any atom is -0.399 e. The molecule has 1 heterocycles. The largest absolute Gasteiger partial charge is 0.399 e. The summed E-state index contributed by atoms with van der Waals surface area (Å²) in [5.74, 6) is -0.0904. The van der Waals surface area contributed by atoms with Gasteiger partial charge in [-0.15, -0.1) is 11.3 Å². The molecule has 7 heteroatoms. The quantitative estimate of drug-likeness (QED) is 0.827. The van der Waals surface area contributed by atoms with E-state index in [1.807, 2.05) is 0 Å². The van der Waals surface area contributed by atoms with Gasteiger partial charge in [-0.25, -0.2) is 13.4 Å². The molecule has 90 valence electrons. The number of hydrogen-bond donors (Lipinski definition) is 2. The molecular formula is C10H11N3O2S2. The van der Waals surface area contributed by atoms with Gasteiger partial charge < -0.3 is 5.73 Å². The van der Waals surface area contributed by atoms with Gasteiger partial charge >= 0.3 is 0 Å². The molecule has 0 atom stereocenters. The minimum atomic E-state index is -3.41. The Morgan fingerprint density at radius 3 is 2.59 bits per heavy atom. The lowest BCUT2D eigenvalue weighted by atomic mass is 10.2. The van der Waals surface area contributed by atoms with Gasteiger partial charge in [-0.3, -0.25) is 4.72 Å². The SMILES string of the molecule is Nc1ccc(CS(=O)(=O)Nc2nccs2)cc1. The molecule has 0 aliphatic carbocycles. The Hall–Kier alpha value is -1.60. The van der Waals surface area contributed by atoms with Crippen LogP contribution in [0.5, 0.6) is 0 Å². The summed E-state index contributed by atoms with van der Waals surface area (Å²) >= 11 is 1.24. The molecule has 1 aromatic carbocycles. The monoisotopic (exact) mass is 269 g/mol. The minimum absolute atomic E-state index is 0.0904. The summed E-state index contributed by atoms with van der Waals surface area (Å²) in [6.07, 6.45) is 1.55. The fourth-order valence-electron chi connectivity index (χ4n) is 1.28. The Kier molecular flexibility index (Phi) is 3.30. The molecule has 3 N–H and O–H groups in total. The van der Waals surface area contributed by atoms with Crippen LogP contribution in [0.25, 0.3) is 0 Å². The number of thiazole rings is 1. The summed E-state index contributed by atoms with van der Waals surface area (Å²) in [7, 11) is -3.41. The standard InChI is InChI=1S/C10H11N3O2S2/c11-9-3-1-8(2-4-9)7-17(14,15)13-10-12-5-6-16-10/h1-6H,7,11H2,(H,12,13). The third-order valence-corrected chi connectivity index (χ3v) is 4.05. The second-order valence-corrected chi connectivity index (χ2v) is 6.06. The summed E-state index contributed by atoms with van der Waals surface area (Å²) in [6.45, 7) is 0. The normalized spacial score (nSPS) is 11.3.